The smallest absolute Gasteiger partial charge is 0.336 e. The van der Waals surface area contributed by atoms with Gasteiger partial charge in [0.2, 0.25) is 0 Å². The summed E-state index contributed by atoms with van der Waals surface area (Å²) in [6.45, 7) is 1.51. The van der Waals surface area contributed by atoms with Crippen LogP contribution in [0.2, 0.25) is 0 Å². The Balaban J connectivity index is 3.05. The summed E-state index contributed by atoms with van der Waals surface area (Å²) < 4.78 is 0.720. The molecule has 0 radical (unpaired) electrons. The minimum Gasteiger partial charge on any atom is -0.480 e. The maximum atomic E-state index is 10.9. The van der Waals surface area contributed by atoms with Crippen LogP contribution in [0.1, 0.15) is 17.3 Å². The molecule has 0 fully saturated rings. The van der Waals surface area contributed by atoms with E-state index in [0.29, 0.717) is 4.90 Å². The van der Waals surface area contributed by atoms with Gasteiger partial charge < -0.3 is 10.2 Å². The Hall–Kier alpha value is -1.01. The highest BCUT2D eigenvalue weighted by Gasteiger charge is 2.17. The predicted molar refractivity (Wildman–Crippen MR) is 64.1 cm³/mol. The van der Waals surface area contributed by atoms with Crippen LogP contribution in [0.5, 0.6) is 0 Å². The van der Waals surface area contributed by atoms with Crippen LogP contribution in [-0.2, 0) is 4.79 Å². The topological polar surface area (TPSA) is 74.6 Å². The van der Waals surface area contributed by atoms with Gasteiger partial charge in [-0.25, -0.2) is 4.79 Å². The number of carboxylic acids is 2. The van der Waals surface area contributed by atoms with E-state index in [0.717, 1.165) is 16.2 Å². The van der Waals surface area contributed by atoms with E-state index in [9.17, 15) is 9.59 Å². The zero-order chi connectivity index (χ0) is 12.3. The third-order valence-corrected chi connectivity index (χ3v) is 3.47. The first kappa shape index (κ1) is 13.1. The number of hydrogen-bond donors (Lipinski definition) is 2. The zero-order valence-electron chi connectivity index (χ0n) is 8.31. The van der Waals surface area contributed by atoms with E-state index in [4.69, 9.17) is 10.2 Å². The Morgan fingerprint density at radius 1 is 1.38 bits per heavy atom. The van der Waals surface area contributed by atoms with E-state index >= 15 is 0 Å². The number of aromatic carboxylic acids is 1. The van der Waals surface area contributed by atoms with Crippen molar-refractivity contribution in [3.8, 4) is 0 Å². The minimum absolute atomic E-state index is 0.112. The molecule has 0 saturated carbocycles. The van der Waals surface area contributed by atoms with Crippen LogP contribution in [0.3, 0.4) is 0 Å². The molecule has 0 spiro atoms. The van der Waals surface area contributed by atoms with Crippen LogP contribution >= 0.6 is 27.7 Å². The lowest BCUT2D eigenvalue weighted by Gasteiger charge is -2.09. The number of carboxylic acid groups (broad SMARTS) is 2. The molecule has 16 heavy (non-hydrogen) atoms. The Kier molecular flexibility index (Phi) is 4.37. The van der Waals surface area contributed by atoms with E-state index in [-0.39, 0.29) is 5.56 Å². The van der Waals surface area contributed by atoms with Crippen molar-refractivity contribution in [2.45, 2.75) is 17.1 Å². The first-order chi connectivity index (χ1) is 7.41. The van der Waals surface area contributed by atoms with Crippen LogP contribution in [-0.4, -0.2) is 27.4 Å². The van der Waals surface area contributed by atoms with Crippen molar-refractivity contribution in [1.82, 2.24) is 0 Å². The monoisotopic (exact) mass is 304 g/mol. The van der Waals surface area contributed by atoms with Crippen molar-refractivity contribution >= 4 is 39.6 Å². The second-order valence-electron chi connectivity index (χ2n) is 3.04. The number of hydrogen-bond acceptors (Lipinski definition) is 3. The molecular weight excluding hydrogens is 296 g/mol. The summed E-state index contributed by atoms with van der Waals surface area (Å²) in [5.74, 6) is -2.03. The third-order valence-electron chi connectivity index (χ3n) is 1.83. The van der Waals surface area contributed by atoms with Gasteiger partial charge in [0.1, 0.15) is 5.25 Å². The van der Waals surface area contributed by atoms with Gasteiger partial charge in [-0.2, -0.15) is 0 Å². The lowest BCUT2D eigenvalue weighted by Crippen LogP contribution is -2.12. The number of thioether (sulfide) groups is 1. The molecule has 1 rings (SSSR count). The standard InChI is InChI=1S/C10H9BrO4S/c1-5(9(12)13)16-8-4-6(11)2-3-7(8)10(14)15/h2-5H,1H3,(H,12,13)(H,14,15). The highest BCUT2D eigenvalue weighted by atomic mass is 79.9. The molecule has 0 bridgehead atoms. The minimum atomic E-state index is -1.06. The normalized spacial score (nSPS) is 12.1. The van der Waals surface area contributed by atoms with Crippen molar-refractivity contribution in [1.29, 1.82) is 0 Å². The fraction of sp³-hybridized carbons (Fsp3) is 0.200. The molecule has 1 atom stereocenters. The summed E-state index contributed by atoms with van der Waals surface area (Å²) in [4.78, 5) is 22.0. The maximum absolute atomic E-state index is 10.9. The molecule has 0 aliphatic carbocycles. The molecule has 0 saturated heterocycles. The quantitative estimate of drug-likeness (QED) is 0.837. The molecule has 2 N–H and O–H groups in total. The van der Waals surface area contributed by atoms with Crippen molar-refractivity contribution in [2.24, 2.45) is 0 Å². The average Bonchev–Trinajstić information content (AvgIpc) is 2.16. The number of carbonyl (C=O) groups is 2. The summed E-state index contributed by atoms with van der Waals surface area (Å²) in [5.41, 5.74) is 0.112. The summed E-state index contributed by atoms with van der Waals surface area (Å²) >= 11 is 4.23. The largest absolute Gasteiger partial charge is 0.480 e. The number of halogens is 1. The SMILES string of the molecule is CC(Sc1cc(Br)ccc1C(=O)O)C(=O)O. The summed E-state index contributed by atoms with van der Waals surface area (Å²) in [7, 11) is 0. The van der Waals surface area contributed by atoms with Crippen LogP contribution in [0.25, 0.3) is 0 Å². The second-order valence-corrected chi connectivity index (χ2v) is 5.34. The van der Waals surface area contributed by atoms with Gasteiger partial charge in [0.25, 0.3) is 0 Å². The Morgan fingerprint density at radius 3 is 2.50 bits per heavy atom. The first-order valence-electron chi connectivity index (χ1n) is 4.34. The van der Waals surface area contributed by atoms with E-state index in [1.807, 2.05) is 0 Å². The van der Waals surface area contributed by atoms with E-state index in [1.165, 1.54) is 13.0 Å². The van der Waals surface area contributed by atoms with Gasteiger partial charge in [0, 0.05) is 9.37 Å². The fourth-order valence-electron chi connectivity index (χ4n) is 1.01. The second kappa shape index (κ2) is 5.36. The Bertz CT molecular complexity index is 433. The predicted octanol–water partition coefficient (Wildman–Crippen LogP) is 2.71. The number of rotatable bonds is 4. The van der Waals surface area contributed by atoms with Gasteiger partial charge in [-0.3, -0.25) is 4.79 Å². The highest BCUT2D eigenvalue weighted by molar-refractivity contribution is 9.10. The summed E-state index contributed by atoms with van der Waals surface area (Å²) in [5, 5.41) is 17.0. The van der Waals surface area contributed by atoms with E-state index < -0.39 is 17.2 Å². The molecule has 6 heteroatoms. The first-order valence-corrected chi connectivity index (χ1v) is 6.01. The average molecular weight is 305 g/mol. The molecule has 4 nitrogen and oxygen atoms in total. The van der Waals surface area contributed by atoms with E-state index in [2.05, 4.69) is 15.9 Å². The van der Waals surface area contributed by atoms with Crippen LogP contribution in [0, 0.1) is 0 Å². The van der Waals surface area contributed by atoms with Gasteiger partial charge in [0.05, 0.1) is 5.56 Å². The number of benzene rings is 1. The van der Waals surface area contributed by atoms with Gasteiger partial charge >= 0.3 is 11.9 Å². The van der Waals surface area contributed by atoms with Gasteiger partial charge in [-0.05, 0) is 25.1 Å². The van der Waals surface area contributed by atoms with Gasteiger partial charge in [-0.15, -0.1) is 11.8 Å². The Morgan fingerprint density at radius 2 is 2.00 bits per heavy atom. The highest BCUT2D eigenvalue weighted by Crippen LogP contribution is 2.29. The van der Waals surface area contributed by atoms with Gasteiger partial charge in [0.15, 0.2) is 0 Å². The molecule has 86 valence electrons. The van der Waals surface area contributed by atoms with Crippen LogP contribution in [0.4, 0.5) is 0 Å². The fourth-order valence-corrected chi connectivity index (χ4v) is 2.48. The summed E-state index contributed by atoms with van der Waals surface area (Å²) in [6, 6.07) is 4.66. The zero-order valence-corrected chi connectivity index (χ0v) is 10.7. The molecule has 1 aromatic carbocycles. The lowest BCUT2D eigenvalue weighted by atomic mass is 10.2. The van der Waals surface area contributed by atoms with Gasteiger partial charge in [-0.1, -0.05) is 15.9 Å². The molecule has 0 amide bonds. The van der Waals surface area contributed by atoms with Crippen LogP contribution in [0.15, 0.2) is 27.6 Å². The molecule has 0 aromatic heterocycles. The third kappa shape index (κ3) is 3.24. The van der Waals surface area contributed by atoms with Crippen LogP contribution < -0.4 is 0 Å². The Labute approximate surface area is 105 Å². The van der Waals surface area contributed by atoms with Crippen molar-refractivity contribution in [2.75, 3.05) is 0 Å². The van der Waals surface area contributed by atoms with Crippen molar-refractivity contribution < 1.29 is 19.8 Å². The molecule has 1 unspecified atom stereocenters. The lowest BCUT2D eigenvalue weighted by molar-refractivity contribution is -0.136. The molecule has 0 heterocycles. The number of aliphatic carboxylic acids is 1. The summed E-state index contributed by atoms with van der Waals surface area (Å²) in [6.07, 6.45) is 0. The van der Waals surface area contributed by atoms with Crippen molar-refractivity contribution in [3.05, 3.63) is 28.2 Å². The maximum Gasteiger partial charge on any atom is 0.336 e. The molecule has 0 aliphatic heterocycles. The molecular formula is C10H9BrO4S. The molecule has 1 aromatic rings. The van der Waals surface area contributed by atoms with Crippen molar-refractivity contribution in [3.63, 3.8) is 0 Å². The van der Waals surface area contributed by atoms with E-state index in [1.54, 1.807) is 12.1 Å². The molecule has 0 aliphatic rings.